The maximum Gasteiger partial charge on any atom is 0.328 e. The number of aliphatic imine (C=N–C) groups is 1. The van der Waals surface area contributed by atoms with Gasteiger partial charge in [0.15, 0.2) is 6.04 Å². The first-order valence-electron chi connectivity index (χ1n) is 17.7. The van der Waals surface area contributed by atoms with Gasteiger partial charge in [0.1, 0.15) is 30.5 Å². The van der Waals surface area contributed by atoms with Crippen molar-refractivity contribution in [3.05, 3.63) is 29.8 Å². The number of aromatic hydroxyl groups is 1. The van der Waals surface area contributed by atoms with Crippen molar-refractivity contribution < 1.29 is 58.5 Å². The van der Waals surface area contributed by atoms with Gasteiger partial charge in [0.05, 0.1) is 19.1 Å². The first-order valence-corrected chi connectivity index (χ1v) is 17.7. The van der Waals surface area contributed by atoms with Crippen LogP contribution in [0.3, 0.4) is 0 Å². The number of phenolic OH excluding ortho intramolecular Hbond substituents is 1. The quantitative estimate of drug-likeness (QED) is 0.0561. The van der Waals surface area contributed by atoms with Crippen LogP contribution in [0.4, 0.5) is 0 Å². The summed E-state index contributed by atoms with van der Waals surface area (Å²) in [4.78, 5) is 79.4. The van der Waals surface area contributed by atoms with Crippen LogP contribution in [0, 0.1) is 0 Å². The van der Waals surface area contributed by atoms with Crippen LogP contribution in [0.2, 0.25) is 0 Å². The molecule has 52 heavy (non-hydrogen) atoms. The number of unbranched alkanes of at least 4 members (excludes halogenated alkanes) is 4. The first-order chi connectivity index (χ1) is 24.9. The largest absolute Gasteiger partial charge is 0.507 e. The van der Waals surface area contributed by atoms with Crippen LogP contribution in [-0.2, 0) is 43.0 Å². The number of ether oxygens (including phenoxy) is 3. The van der Waals surface area contributed by atoms with Crippen molar-refractivity contribution in [2.75, 3.05) is 26.8 Å². The van der Waals surface area contributed by atoms with Gasteiger partial charge in [-0.2, -0.15) is 0 Å². The molecule has 0 aromatic heterocycles. The molecule has 1 aromatic carbocycles. The van der Waals surface area contributed by atoms with Crippen molar-refractivity contribution in [2.24, 2.45) is 4.99 Å². The number of rotatable bonds is 20. The summed E-state index contributed by atoms with van der Waals surface area (Å²) in [7, 11) is 1.33. The third kappa shape index (κ3) is 13.7. The zero-order valence-corrected chi connectivity index (χ0v) is 29.8. The van der Waals surface area contributed by atoms with Crippen LogP contribution in [-0.4, -0.2) is 118 Å². The second-order valence-corrected chi connectivity index (χ2v) is 12.9. The van der Waals surface area contributed by atoms with Gasteiger partial charge in [0.2, 0.25) is 23.6 Å². The summed E-state index contributed by atoms with van der Waals surface area (Å²) in [5.41, 5.74) is 0.305. The SMILES string of the molecule is COC(=O)CCCCCCC(=O)N(O)CCCC[C@H](NC(=O)C1COC(c2ccccc2O)=N1)C(=O)O[C@H](C)CC(=O)N[C@H]1CCCCN(O)C1=O. The third-order valence-electron chi connectivity index (χ3n) is 8.63. The van der Waals surface area contributed by atoms with Crippen LogP contribution in [0.5, 0.6) is 5.75 Å². The number of carbonyl (C=O) groups excluding carboxylic acids is 6. The van der Waals surface area contributed by atoms with Gasteiger partial charge >= 0.3 is 11.9 Å². The normalized spacial score (nSPS) is 18.3. The molecule has 0 saturated carbocycles. The zero-order valence-electron chi connectivity index (χ0n) is 29.8. The Morgan fingerprint density at radius 1 is 1.06 bits per heavy atom. The van der Waals surface area contributed by atoms with Crippen LogP contribution in [0.25, 0.3) is 0 Å². The predicted molar refractivity (Wildman–Crippen MR) is 183 cm³/mol. The van der Waals surface area contributed by atoms with E-state index in [1.54, 1.807) is 18.2 Å². The molecule has 2 aliphatic rings. The topological polar surface area (TPSA) is 234 Å². The highest BCUT2D eigenvalue weighted by atomic mass is 16.5. The second kappa shape index (κ2) is 21.6. The smallest absolute Gasteiger partial charge is 0.328 e. The molecule has 1 fully saturated rings. The zero-order chi connectivity index (χ0) is 38.0. The number of methoxy groups -OCH3 is 1. The molecular weight excluding hydrogens is 682 g/mol. The lowest BCUT2D eigenvalue weighted by molar-refractivity contribution is -0.167. The highest BCUT2D eigenvalue weighted by Gasteiger charge is 2.33. The lowest BCUT2D eigenvalue weighted by Crippen LogP contribution is -2.48. The van der Waals surface area contributed by atoms with E-state index in [1.807, 2.05) is 0 Å². The minimum Gasteiger partial charge on any atom is -0.507 e. The highest BCUT2D eigenvalue weighted by molar-refractivity contribution is 6.00. The van der Waals surface area contributed by atoms with E-state index >= 15 is 0 Å². The van der Waals surface area contributed by atoms with Crippen molar-refractivity contribution in [3.63, 3.8) is 0 Å². The lowest BCUT2D eigenvalue weighted by atomic mass is 10.1. The number of benzene rings is 1. The van der Waals surface area contributed by atoms with Gasteiger partial charge in [-0.1, -0.05) is 25.0 Å². The van der Waals surface area contributed by atoms with Gasteiger partial charge in [-0.05, 0) is 70.4 Å². The number of nitrogens with one attached hydrogen (secondary N) is 2. The summed E-state index contributed by atoms with van der Waals surface area (Å²) in [6.45, 7) is 1.52. The van der Waals surface area contributed by atoms with E-state index in [-0.39, 0.29) is 56.6 Å². The van der Waals surface area contributed by atoms with E-state index in [9.17, 15) is 44.3 Å². The van der Waals surface area contributed by atoms with Crippen molar-refractivity contribution in [1.29, 1.82) is 0 Å². The Labute approximate surface area is 302 Å². The Hall–Kier alpha value is -4.77. The molecule has 0 bridgehead atoms. The Morgan fingerprint density at radius 3 is 2.52 bits per heavy atom. The standard InChI is InChI=1S/C35H51N5O12/c1-23(21-29(42)36-25-14-9-12-20-40(49)34(25)46)52-35(47)26(37-32(45)27-22-51-33(38-27)24-13-7-8-16-28(24)41)15-10-11-19-39(48)30(43)17-5-3-4-6-18-31(44)50-2/h7-8,13,16,23,25-27,41,48-49H,3-6,9-12,14-15,17-22H2,1-2H3,(H,36,42)(H,37,45)/t23-,25+,26+,27?/m1/s1. The molecule has 2 heterocycles. The molecule has 5 N–H and O–H groups in total. The minimum atomic E-state index is -1.18. The molecule has 17 heteroatoms. The fourth-order valence-corrected chi connectivity index (χ4v) is 5.69. The molecule has 1 aromatic rings. The van der Waals surface area contributed by atoms with E-state index in [0.29, 0.717) is 73.5 Å². The molecule has 4 atom stereocenters. The number of hydrogen-bond acceptors (Lipinski definition) is 13. The molecule has 2 aliphatic heterocycles. The van der Waals surface area contributed by atoms with Gasteiger partial charge in [-0.3, -0.25) is 34.4 Å². The fourth-order valence-electron chi connectivity index (χ4n) is 5.69. The number of phenols is 1. The molecule has 4 amide bonds. The Bertz CT molecular complexity index is 1420. The third-order valence-corrected chi connectivity index (χ3v) is 8.63. The maximum atomic E-state index is 13.3. The molecule has 1 unspecified atom stereocenters. The average molecular weight is 734 g/mol. The number of para-hydroxylation sites is 1. The van der Waals surface area contributed by atoms with E-state index < -0.39 is 53.8 Å². The van der Waals surface area contributed by atoms with E-state index in [1.165, 1.54) is 20.1 Å². The molecule has 1 saturated heterocycles. The first kappa shape index (κ1) is 41.6. The number of esters is 2. The summed E-state index contributed by atoms with van der Waals surface area (Å²) in [6, 6.07) is 3.23. The summed E-state index contributed by atoms with van der Waals surface area (Å²) in [5, 5.41) is 36.6. The summed E-state index contributed by atoms with van der Waals surface area (Å²) in [5.74, 6) is -3.38. The lowest BCUT2D eigenvalue weighted by Gasteiger charge is -2.23. The number of hydrogen-bond donors (Lipinski definition) is 5. The molecule has 0 radical (unpaired) electrons. The van der Waals surface area contributed by atoms with Crippen molar-refractivity contribution >= 4 is 41.5 Å². The van der Waals surface area contributed by atoms with Crippen LogP contribution >= 0.6 is 0 Å². The minimum absolute atomic E-state index is 0.0106. The van der Waals surface area contributed by atoms with Crippen molar-refractivity contribution in [2.45, 2.75) is 115 Å². The number of hydroxylamine groups is 4. The van der Waals surface area contributed by atoms with Crippen LogP contribution in [0.15, 0.2) is 29.3 Å². The average Bonchev–Trinajstić information content (AvgIpc) is 3.56. The predicted octanol–water partition coefficient (Wildman–Crippen LogP) is 2.13. The number of carbonyl (C=O) groups is 6. The summed E-state index contributed by atoms with van der Waals surface area (Å²) in [6.07, 6.45) is 4.12. The van der Waals surface area contributed by atoms with E-state index in [4.69, 9.17) is 9.47 Å². The fraction of sp³-hybridized carbons (Fsp3) is 0.629. The summed E-state index contributed by atoms with van der Waals surface area (Å²) >= 11 is 0. The van der Waals surface area contributed by atoms with Crippen LogP contribution in [0.1, 0.15) is 96.0 Å². The van der Waals surface area contributed by atoms with Gasteiger partial charge in [0.25, 0.3) is 5.91 Å². The van der Waals surface area contributed by atoms with Gasteiger partial charge in [-0.25, -0.2) is 19.9 Å². The van der Waals surface area contributed by atoms with E-state index in [2.05, 4.69) is 20.4 Å². The van der Waals surface area contributed by atoms with Gasteiger partial charge < -0.3 is 30.0 Å². The summed E-state index contributed by atoms with van der Waals surface area (Å²) < 4.78 is 15.7. The van der Waals surface area contributed by atoms with Crippen LogP contribution < -0.4 is 10.6 Å². The highest BCUT2D eigenvalue weighted by Crippen LogP contribution is 2.21. The molecule has 17 nitrogen and oxygen atoms in total. The Balaban J connectivity index is 1.54. The molecule has 3 rings (SSSR count). The van der Waals surface area contributed by atoms with Gasteiger partial charge in [0, 0.05) is 25.9 Å². The van der Waals surface area contributed by atoms with Crippen molar-refractivity contribution in [1.82, 2.24) is 20.8 Å². The molecule has 288 valence electrons. The molecule has 0 aliphatic carbocycles. The Morgan fingerprint density at radius 2 is 1.79 bits per heavy atom. The monoisotopic (exact) mass is 733 g/mol. The molecular formula is C35H51N5O12. The van der Waals surface area contributed by atoms with Gasteiger partial charge in [-0.15, -0.1) is 0 Å². The van der Waals surface area contributed by atoms with E-state index in [0.717, 1.165) is 6.42 Å². The maximum absolute atomic E-state index is 13.3. The number of nitrogens with zero attached hydrogens (tertiary/aromatic N) is 3. The molecule has 0 spiro atoms. The second-order valence-electron chi connectivity index (χ2n) is 12.9. The Kier molecular flexibility index (Phi) is 17.3. The van der Waals surface area contributed by atoms with Crippen molar-refractivity contribution in [3.8, 4) is 5.75 Å². The number of amides is 4.